The molecule has 1 saturated heterocycles. The van der Waals surface area contributed by atoms with Crippen LogP contribution in [-0.2, 0) is 24.3 Å². The normalized spacial score (nSPS) is 15.6. The molecule has 1 aromatic carbocycles. The molecule has 0 unspecified atom stereocenters. The highest BCUT2D eigenvalue weighted by Crippen LogP contribution is 2.20. The van der Waals surface area contributed by atoms with Crippen molar-refractivity contribution in [3.05, 3.63) is 24.3 Å². The van der Waals surface area contributed by atoms with E-state index >= 15 is 0 Å². The van der Waals surface area contributed by atoms with Crippen molar-refractivity contribution < 1.29 is 22.7 Å². The first-order valence-electron chi connectivity index (χ1n) is 9.46. The minimum absolute atomic E-state index is 0.0523. The topological polar surface area (TPSA) is 108 Å². The fourth-order valence-corrected chi connectivity index (χ4v) is 4.23. The van der Waals surface area contributed by atoms with Gasteiger partial charge in [0.1, 0.15) is 0 Å². The Balaban J connectivity index is 1.94. The van der Waals surface area contributed by atoms with Crippen LogP contribution in [0.25, 0.3) is 0 Å². The number of hydrogen-bond acceptors (Lipinski definition) is 6. The molecule has 2 N–H and O–H groups in total. The van der Waals surface area contributed by atoms with Crippen LogP contribution in [0.5, 0.6) is 0 Å². The average molecular weight is 427 g/mol. The van der Waals surface area contributed by atoms with Crippen LogP contribution >= 0.6 is 0 Å². The van der Waals surface area contributed by atoms with E-state index in [9.17, 15) is 18.0 Å². The summed E-state index contributed by atoms with van der Waals surface area (Å²) in [7, 11) is -2.06. The van der Waals surface area contributed by atoms with E-state index in [2.05, 4.69) is 10.6 Å². The Labute approximate surface area is 172 Å². The van der Waals surface area contributed by atoms with E-state index in [1.54, 1.807) is 19.2 Å². The van der Waals surface area contributed by atoms with Crippen molar-refractivity contribution in [2.24, 2.45) is 0 Å². The Morgan fingerprint density at radius 2 is 1.86 bits per heavy atom. The number of carbonyl (C=O) groups excluding carboxylic acids is 2. The second-order valence-electron chi connectivity index (χ2n) is 7.95. The van der Waals surface area contributed by atoms with Crippen LogP contribution in [0.4, 0.5) is 5.69 Å². The quantitative estimate of drug-likeness (QED) is 0.657. The summed E-state index contributed by atoms with van der Waals surface area (Å²) in [4.78, 5) is 25.7. The third-order valence-corrected chi connectivity index (χ3v) is 6.10. The van der Waals surface area contributed by atoms with E-state index in [0.717, 1.165) is 0 Å². The molecule has 29 heavy (non-hydrogen) atoms. The lowest BCUT2D eigenvalue weighted by molar-refractivity contribution is -0.133. The monoisotopic (exact) mass is 426 g/mol. The van der Waals surface area contributed by atoms with E-state index in [-0.39, 0.29) is 35.3 Å². The van der Waals surface area contributed by atoms with Gasteiger partial charge in [-0.2, -0.15) is 4.31 Å². The largest absolute Gasteiger partial charge is 0.379 e. The lowest BCUT2D eigenvalue weighted by atomic mass is 10.1. The zero-order valence-corrected chi connectivity index (χ0v) is 18.2. The molecule has 0 atom stereocenters. The molecule has 0 saturated carbocycles. The molecule has 1 aromatic rings. The molecule has 0 bridgehead atoms. The minimum Gasteiger partial charge on any atom is -0.379 e. The molecular formula is C19H30N4O5S. The Morgan fingerprint density at radius 1 is 1.21 bits per heavy atom. The van der Waals surface area contributed by atoms with Crippen LogP contribution < -0.4 is 10.6 Å². The zero-order valence-electron chi connectivity index (χ0n) is 17.4. The third-order valence-electron chi connectivity index (χ3n) is 4.21. The van der Waals surface area contributed by atoms with E-state index in [0.29, 0.717) is 32.0 Å². The lowest BCUT2D eigenvalue weighted by Crippen LogP contribution is -2.47. The smallest absolute Gasteiger partial charge is 0.243 e. The SMILES string of the molecule is CN(CC(=O)NC(C)(C)C)C(=O)CNc1cccc(S(=O)(=O)N2CCOCC2)c1. The number of carbonyl (C=O) groups is 2. The number of sulfonamides is 1. The number of morpholine rings is 1. The number of likely N-dealkylation sites (N-methyl/N-ethyl adjacent to an activating group) is 1. The first-order valence-corrected chi connectivity index (χ1v) is 10.9. The number of nitrogens with zero attached hydrogens (tertiary/aromatic N) is 2. The second kappa shape index (κ2) is 9.55. The summed E-state index contributed by atoms with van der Waals surface area (Å²) in [5.41, 5.74) is 0.145. The molecule has 0 spiro atoms. The van der Waals surface area contributed by atoms with E-state index in [1.807, 2.05) is 20.8 Å². The van der Waals surface area contributed by atoms with Crippen molar-refractivity contribution in [2.45, 2.75) is 31.2 Å². The second-order valence-corrected chi connectivity index (χ2v) is 9.88. The number of benzene rings is 1. The van der Waals surface area contributed by atoms with Crippen molar-refractivity contribution in [1.82, 2.24) is 14.5 Å². The number of nitrogens with one attached hydrogen (secondary N) is 2. The molecule has 1 aliphatic rings. The van der Waals surface area contributed by atoms with Crippen molar-refractivity contribution in [3.8, 4) is 0 Å². The molecule has 2 amide bonds. The fraction of sp³-hybridized carbons (Fsp3) is 0.579. The summed E-state index contributed by atoms with van der Waals surface area (Å²) < 4.78 is 32.1. The number of anilines is 1. The molecule has 0 aromatic heterocycles. The van der Waals surface area contributed by atoms with Gasteiger partial charge in [0.15, 0.2) is 0 Å². The number of rotatable bonds is 7. The van der Waals surface area contributed by atoms with E-state index in [1.165, 1.54) is 21.3 Å². The van der Waals surface area contributed by atoms with Gasteiger partial charge >= 0.3 is 0 Å². The zero-order chi connectivity index (χ0) is 21.7. The first kappa shape index (κ1) is 23.1. The van der Waals surface area contributed by atoms with Crippen LogP contribution in [0.15, 0.2) is 29.2 Å². The van der Waals surface area contributed by atoms with Crippen molar-refractivity contribution in [2.75, 3.05) is 51.8 Å². The molecule has 162 valence electrons. The minimum atomic E-state index is -3.61. The van der Waals surface area contributed by atoms with Crippen LogP contribution in [0.3, 0.4) is 0 Å². The van der Waals surface area contributed by atoms with Gasteiger partial charge in [-0.15, -0.1) is 0 Å². The van der Waals surface area contributed by atoms with Crippen LogP contribution in [0, 0.1) is 0 Å². The van der Waals surface area contributed by atoms with Gasteiger partial charge < -0.3 is 20.3 Å². The average Bonchev–Trinajstić information content (AvgIpc) is 2.65. The van der Waals surface area contributed by atoms with Gasteiger partial charge in [-0.3, -0.25) is 9.59 Å². The molecule has 0 radical (unpaired) electrons. The molecule has 1 aliphatic heterocycles. The number of amides is 2. The molecule has 2 rings (SSSR count). The summed E-state index contributed by atoms with van der Waals surface area (Å²) >= 11 is 0. The maximum atomic E-state index is 12.7. The van der Waals surface area contributed by atoms with Crippen molar-refractivity contribution in [3.63, 3.8) is 0 Å². The molecule has 1 fully saturated rings. The lowest BCUT2D eigenvalue weighted by Gasteiger charge is -2.26. The Morgan fingerprint density at radius 3 is 2.48 bits per heavy atom. The van der Waals surface area contributed by atoms with Gasteiger partial charge in [0, 0.05) is 31.4 Å². The third kappa shape index (κ3) is 6.98. The van der Waals surface area contributed by atoms with Crippen LogP contribution in [0.1, 0.15) is 20.8 Å². The summed E-state index contributed by atoms with van der Waals surface area (Å²) in [6.07, 6.45) is 0. The fourth-order valence-electron chi connectivity index (χ4n) is 2.78. The maximum absolute atomic E-state index is 12.7. The van der Waals surface area contributed by atoms with Gasteiger partial charge in [-0.25, -0.2) is 8.42 Å². The van der Waals surface area contributed by atoms with E-state index < -0.39 is 10.0 Å². The Kier molecular flexibility index (Phi) is 7.61. The Bertz CT molecular complexity index is 829. The summed E-state index contributed by atoms with van der Waals surface area (Å²) in [5, 5.41) is 5.73. The standard InChI is InChI=1S/C19H30N4O5S/c1-19(2,3)21-17(24)14-22(4)18(25)13-20-15-6-5-7-16(12-15)29(26,27)23-8-10-28-11-9-23/h5-7,12,20H,8-11,13-14H2,1-4H3,(H,21,24). The van der Waals surface area contributed by atoms with E-state index in [4.69, 9.17) is 4.74 Å². The molecule has 1 heterocycles. The van der Waals surface area contributed by atoms with Crippen molar-refractivity contribution >= 4 is 27.5 Å². The number of ether oxygens (including phenoxy) is 1. The van der Waals surface area contributed by atoms with Gasteiger partial charge in [-0.05, 0) is 39.0 Å². The molecular weight excluding hydrogens is 396 g/mol. The highest BCUT2D eigenvalue weighted by atomic mass is 32.2. The summed E-state index contributed by atoms with van der Waals surface area (Å²) in [5.74, 6) is -0.526. The molecule has 10 heteroatoms. The molecule has 9 nitrogen and oxygen atoms in total. The molecule has 0 aliphatic carbocycles. The summed E-state index contributed by atoms with van der Waals surface area (Å²) in [6.45, 7) is 6.88. The van der Waals surface area contributed by atoms with Gasteiger partial charge in [0.25, 0.3) is 0 Å². The van der Waals surface area contributed by atoms with Gasteiger partial charge in [0.05, 0.1) is 31.2 Å². The predicted octanol–water partition coefficient (Wildman–Crippen LogP) is 0.493. The van der Waals surface area contributed by atoms with Crippen molar-refractivity contribution in [1.29, 1.82) is 0 Å². The highest BCUT2D eigenvalue weighted by molar-refractivity contribution is 7.89. The number of hydrogen-bond donors (Lipinski definition) is 2. The first-order chi connectivity index (χ1) is 13.5. The Hall–Kier alpha value is -2.17. The van der Waals surface area contributed by atoms with Gasteiger partial charge in [-0.1, -0.05) is 6.07 Å². The summed E-state index contributed by atoms with van der Waals surface area (Å²) in [6, 6.07) is 6.35. The van der Waals surface area contributed by atoms with Crippen LogP contribution in [0.2, 0.25) is 0 Å². The van der Waals surface area contributed by atoms with Crippen LogP contribution in [-0.4, -0.2) is 81.4 Å². The predicted molar refractivity (Wildman–Crippen MR) is 110 cm³/mol. The maximum Gasteiger partial charge on any atom is 0.243 e. The highest BCUT2D eigenvalue weighted by Gasteiger charge is 2.26. The van der Waals surface area contributed by atoms with Gasteiger partial charge in [0.2, 0.25) is 21.8 Å².